The van der Waals surface area contributed by atoms with Crippen LogP contribution in [0.3, 0.4) is 0 Å². The number of anilines is 2. The molecule has 0 spiro atoms. The van der Waals surface area contributed by atoms with Gasteiger partial charge in [0.1, 0.15) is 0 Å². The van der Waals surface area contributed by atoms with Crippen molar-refractivity contribution in [1.29, 1.82) is 0 Å². The van der Waals surface area contributed by atoms with Crippen molar-refractivity contribution in [3.05, 3.63) is 69.9 Å². The number of hydrogen-bond donors (Lipinski definition) is 3. The van der Waals surface area contributed by atoms with Crippen LogP contribution in [0, 0.1) is 0 Å². The van der Waals surface area contributed by atoms with Gasteiger partial charge in [0.05, 0.1) is 16.1 Å². The Hall–Kier alpha value is -4.30. The molecule has 40 heavy (non-hydrogen) atoms. The molecule has 212 valence electrons. The number of carbonyl (C=O) groups is 3. The Balaban J connectivity index is 0.000000470. The van der Waals surface area contributed by atoms with Gasteiger partial charge in [-0.2, -0.15) is 13.2 Å². The summed E-state index contributed by atoms with van der Waals surface area (Å²) in [7, 11) is 0. The molecule has 1 amide bonds. The van der Waals surface area contributed by atoms with E-state index in [4.69, 9.17) is 19.4 Å². The van der Waals surface area contributed by atoms with Gasteiger partial charge in [0.15, 0.2) is 11.5 Å². The molecule has 3 heterocycles. The lowest BCUT2D eigenvalue weighted by Crippen LogP contribution is -2.46. The normalized spacial score (nSPS) is 14.7. The van der Waals surface area contributed by atoms with E-state index in [1.165, 1.54) is 17.4 Å². The number of thiophene rings is 1. The van der Waals surface area contributed by atoms with Crippen LogP contribution in [0.15, 0.2) is 53.9 Å². The highest BCUT2D eigenvalue weighted by atomic mass is 32.1. The van der Waals surface area contributed by atoms with Crippen LogP contribution >= 0.6 is 11.3 Å². The molecule has 0 saturated carbocycles. The lowest BCUT2D eigenvalue weighted by molar-refractivity contribution is -0.192. The number of amides is 1. The molecule has 3 aromatic rings. The van der Waals surface area contributed by atoms with Gasteiger partial charge >= 0.3 is 18.1 Å². The standard InChI is InChI=1S/C24H23N3O5S.C2HF3O2/c28-23(22-2-1-11-33-22)25-17-4-5-19(18(13-17)24(29)30)27-9-7-26(8-10-27)14-16-3-6-20-21(12-16)32-15-31-20;3-2(4,5)1(6)7/h1-6,11-13H,7-10,14-15H2,(H,25,28)(H,29,30);(H,6,7). The summed E-state index contributed by atoms with van der Waals surface area (Å²) in [6.45, 7) is 4.11. The van der Waals surface area contributed by atoms with Gasteiger partial charge < -0.3 is 29.9 Å². The number of nitrogens with zero attached hydrogens (tertiary/aromatic N) is 2. The summed E-state index contributed by atoms with van der Waals surface area (Å²) in [5.74, 6) is -2.46. The predicted octanol–water partition coefficient (Wildman–Crippen LogP) is 4.38. The van der Waals surface area contributed by atoms with Crippen LogP contribution in [0.5, 0.6) is 11.5 Å². The molecular formula is C26H24F3N3O7S. The molecule has 2 aromatic carbocycles. The van der Waals surface area contributed by atoms with Gasteiger partial charge in [0.25, 0.3) is 5.91 Å². The Kier molecular flexibility index (Phi) is 8.80. The fourth-order valence-corrected chi connectivity index (χ4v) is 4.72. The number of rotatable bonds is 6. The number of ether oxygens (including phenoxy) is 2. The zero-order chi connectivity index (χ0) is 28.9. The van der Waals surface area contributed by atoms with Crippen molar-refractivity contribution in [3.8, 4) is 11.5 Å². The quantitative estimate of drug-likeness (QED) is 0.390. The monoisotopic (exact) mass is 579 g/mol. The maximum Gasteiger partial charge on any atom is 0.490 e. The highest BCUT2D eigenvalue weighted by molar-refractivity contribution is 7.12. The van der Waals surface area contributed by atoms with Gasteiger partial charge in [-0.3, -0.25) is 9.69 Å². The smallest absolute Gasteiger partial charge is 0.478 e. The van der Waals surface area contributed by atoms with Crippen molar-refractivity contribution < 1.29 is 47.2 Å². The van der Waals surface area contributed by atoms with E-state index in [2.05, 4.69) is 15.1 Å². The number of nitrogens with one attached hydrogen (secondary N) is 1. The molecule has 14 heteroatoms. The molecule has 0 unspecified atom stereocenters. The summed E-state index contributed by atoms with van der Waals surface area (Å²) in [4.78, 5) is 38.2. The number of piperazine rings is 1. The number of carbonyl (C=O) groups excluding carboxylic acids is 1. The zero-order valence-electron chi connectivity index (χ0n) is 20.8. The van der Waals surface area contributed by atoms with E-state index < -0.39 is 18.1 Å². The molecule has 1 fully saturated rings. The third-order valence-electron chi connectivity index (χ3n) is 6.03. The summed E-state index contributed by atoms with van der Waals surface area (Å²) in [6, 6.07) is 14.6. The van der Waals surface area contributed by atoms with Crippen LogP contribution in [0.2, 0.25) is 0 Å². The average Bonchev–Trinajstić information content (AvgIpc) is 3.61. The Morgan fingerprint density at radius 2 is 1.65 bits per heavy atom. The number of halogens is 3. The van der Waals surface area contributed by atoms with Gasteiger partial charge in [-0.05, 0) is 47.3 Å². The van der Waals surface area contributed by atoms with E-state index in [0.29, 0.717) is 29.3 Å². The van der Waals surface area contributed by atoms with Crippen molar-refractivity contribution in [2.75, 3.05) is 43.2 Å². The minimum Gasteiger partial charge on any atom is -0.478 e. The van der Waals surface area contributed by atoms with E-state index in [1.807, 2.05) is 23.6 Å². The molecule has 0 atom stereocenters. The second-order valence-electron chi connectivity index (χ2n) is 8.72. The van der Waals surface area contributed by atoms with Crippen LogP contribution in [-0.2, 0) is 11.3 Å². The van der Waals surface area contributed by atoms with Crippen molar-refractivity contribution >= 4 is 40.6 Å². The Morgan fingerprint density at radius 3 is 2.27 bits per heavy atom. The zero-order valence-corrected chi connectivity index (χ0v) is 21.6. The van der Waals surface area contributed by atoms with E-state index >= 15 is 0 Å². The highest BCUT2D eigenvalue weighted by Gasteiger charge is 2.38. The van der Waals surface area contributed by atoms with Crippen LogP contribution < -0.4 is 19.7 Å². The first-order valence-corrected chi connectivity index (χ1v) is 12.8. The summed E-state index contributed by atoms with van der Waals surface area (Å²) in [5.41, 5.74) is 2.48. The Morgan fingerprint density at radius 1 is 0.950 bits per heavy atom. The van der Waals surface area contributed by atoms with Gasteiger partial charge in [0, 0.05) is 38.4 Å². The lowest BCUT2D eigenvalue weighted by Gasteiger charge is -2.36. The first kappa shape index (κ1) is 28.7. The van der Waals surface area contributed by atoms with E-state index in [9.17, 15) is 27.9 Å². The molecule has 3 N–H and O–H groups in total. The first-order chi connectivity index (χ1) is 19.0. The van der Waals surface area contributed by atoms with Crippen molar-refractivity contribution in [2.45, 2.75) is 12.7 Å². The third kappa shape index (κ3) is 7.21. The maximum absolute atomic E-state index is 12.3. The second-order valence-corrected chi connectivity index (χ2v) is 9.67. The number of hydrogen-bond acceptors (Lipinski definition) is 8. The van der Waals surface area contributed by atoms with Crippen LogP contribution in [0.25, 0.3) is 0 Å². The van der Waals surface area contributed by atoms with Gasteiger partial charge in [-0.25, -0.2) is 9.59 Å². The van der Waals surface area contributed by atoms with Crippen molar-refractivity contribution in [3.63, 3.8) is 0 Å². The third-order valence-corrected chi connectivity index (χ3v) is 6.90. The predicted molar refractivity (Wildman–Crippen MR) is 139 cm³/mol. The molecule has 2 aliphatic heterocycles. The Bertz CT molecular complexity index is 1370. The number of benzene rings is 2. The largest absolute Gasteiger partial charge is 0.490 e. The second kappa shape index (κ2) is 12.3. The highest BCUT2D eigenvalue weighted by Crippen LogP contribution is 2.33. The van der Waals surface area contributed by atoms with E-state index in [0.717, 1.165) is 36.7 Å². The topological polar surface area (TPSA) is 129 Å². The van der Waals surface area contributed by atoms with Crippen molar-refractivity contribution in [2.24, 2.45) is 0 Å². The Labute approximate surface area is 230 Å². The summed E-state index contributed by atoms with van der Waals surface area (Å²) < 4.78 is 42.6. The molecule has 1 aromatic heterocycles. The number of alkyl halides is 3. The fraction of sp³-hybridized carbons (Fsp3) is 0.269. The first-order valence-electron chi connectivity index (χ1n) is 11.9. The van der Waals surface area contributed by atoms with Crippen molar-refractivity contribution in [1.82, 2.24) is 4.90 Å². The number of aromatic carboxylic acids is 1. The molecule has 0 aliphatic carbocycles. The molecule has 2 aliphatic rings. The van der Waals surface area contributed by atoms with Gasteiger partial charge in [-0.15, -0.1) is 11.3 Å². The number of carboxylic acids is 2. The molecule has 0 radical (unpaired) electrons. The van der Waals surface area contributed by atoms with E-state index in [-0.39, 0.29) is 18.3 Å². The minimum atomic E-state index is -5.08. The van der Waals surface area contributed by atoms with Gasteiger partial charge in [-0.1, -0.05) is 12.1 Å². The summed E-state index contributed by atoms with van der Waals surface area (Å²) in [6.07, 6.45) is -5.08. The number of carboxylic acid groups (broad SMARTS) is 2. The lowest BCUT2D eigenvalue weighted by atomic mass is 10.1. The number of fused-ring (bicyclic) bond motifs is 1. The average molecular weight is 580 g/mol. The molecule has 5 rings (SSSR count). The molecule has 1 saturated heterocycles. The van der Waals surface area contributed by atoms with Crippen LogP contribution in [0.4, 0.5) is 24.5 Å². The minimum absolute atomic E-state index is 0.184. The van der Waals surface area contributed by atoms with Gasteiger partial charge in [0.2, 0.25) is 6.79 Å². The molecule has 0 bridgehead atoms. The van der Waals surface area contributed by atoms with Crippen LogP contribution in [-0.4, -0.2) is 72.1 Å². The SMILES string of the molecule is O=C(Nc1ccc(N2CCN(Cc3ccc4c(c3)OCO4)CC2)c(C(=O)O)c1)c1cccs1.O=C(O)C(F)(F)F. The van der Waals surface area contributed by atoms with Crippen LogP contribution in [0.1, 0.15) is 25.6 Å². The summed E-state index contributed by atoms with van der Waals surface area (Å²) >= 11 is 1.34. The molecular weight excluding hydrogens is 555 g/mol. The summed E-state index contributed by atoms with van der Waals surface area (Å²) in [5, 5.41) is 21.5. The van der Waals surface area contributed by atoms with E-state index in [1.54, 1.807) is 24.3 Å². The maximum atomic E-state index is 12.3. The number of aliphatic carboxylic acids is 1. The molecule has 10 nitrogen and oxygen atoms in total. The fourth-order valence-electron chi connectivity index (χ4n) is 4.11.